The van der Waals surface area contributed by atoms with Crippen molar-refractivity contribution in [3.63, 3.8) is 0 Å². The number of anilines is 1. The Morgan fingerprint density at radius 1 is 1.08 bits per heavy atom. The Bertz CT molecular complexity index is 622. The van der Waals surface area contributed by atoms with Gasteiger partial charge in [0.15, 0.2) is 0 Å². The normalized spacial score (nSPS) is 14.9. The van der Waals surface area contributed by atoms with E-state index in [0.29, 0.717) is 26.2 Å². The van der Waals surface area contributed by atoms with Gasteiger partial charge in [0.25, 0.3) is 0 Å². The summed E-state index contributed by atoms with van der Waals surface area (Å²) in [4.78, 5) is 40.9. The molecule has 1 N–H and O–H groups in total. The van der Waals surface area contributed by atoms with E-state index in [1.807, 2.05) is 36.1 Å². The highest BCUT2D eigenvalue weighted by Gasteiger charge is 2.22. The van der Waals surface area contributed by atoms with Crippen molar-refractivity contribution < 1.29 is 14.4 Å². The van der Waals surface area contributed by atoms with E-state index in [4.69, 9.17) is 0 Å². The second-order valence-electron chi connectivity index (χ2n) is 6.45. The number of rotatable bonds is 5. The SMILES string of the molecule is CC(=O)N1CCN(CC(=O)N(C)CC(=O)Nc2ccc(C)cc2)CC1. The molecule has 1 heterocycles. The lowest BCUT2D eigenvalue weighted by Crippen LogP contribution is -2.51. The average molecular weight is 346 g/mol. The number of benzene rings is 1. The Morgan fingerprint density at radius 2 is 1.68 bits per heavy atom. The molecule has 0 radical (unpaired) electrons. The lowest BCUT2D eigenvalue weighted by molar-refractivity contribution is -0.135. The average Bonchev–Trinajstić information content (AvgIpc) is 2.57. The van der Waals surface area contributed by atoms with E-state index in [1.54, 1.807) is 18.9 Å². The van der Waals surface area contributed by atoms with Gasteiger partial charge in [-0.05, 0) is 19.1 Å². The van der Waals surface area contributed by atoms with Crippen molar-refractivity contribution in [2.45, 2.75) is 13.8 Å². The molecule has 3 amide bonds. The summed E-state index contributed by atoms with van der Waals surface area (Å²) in [6.07, 6.45) is 0. The number of aryl methyl sites for hydroxylation is 1. The summed E-state index contributed by atoms with van der Waals surface area (Å²) in [7, 11) is 1.63. The minimum absolute atomic E-state index is 0.0140. The molecule has 7 heteroatoms. The summed E-state index contributed by atoms with van der Waals surface area (Å²) in [6.45, 7) is 6.44. The quantitative estimate of drug-likeness (QED) is 0.845. The van der Waals surface area contributed by atoms with Crippen LogP contribution < -0.4 is 5.32 Å². The van der Waals surface area contributed by atoms with Gasteiger partial charge >= 0.3 is 0 Å². The fraction of sp³-hybridized carbons (Fsp3) is 0.500. The largest absolute Gasteiger partial charge is 0.340 e. The first-order valence-corrected chi connectivity index (χ1v) is 8.43. The van der Waals surface area contributed by atoms with Crippen molar-refractivity contribution in [1.29, 1.82) is 0 Å². The maximum atomic E-state index is 12.3. The highest BCUT2D eigenvalue weighted by Crippen LogP contribution is 2.08. The van der Waals surface area contributed by atoms with Crippen LogP contribution in [-0.2, 0) is 14.4 Å². The number of carbonyl (C=O) groups is 3. The zero-order chi connectivity index (χ0) is 18.4. The van der Waals surface area contributed by atoms with Crippen molar-refractivity contribution in [2.24, 2.45) is 0 Å². The highest BCUT2D eigenvalue weighted by molar-refractivity contribution is 5.94. The summed E-state index contributed by atoms with van der Waals surface area (Å²) in [5, 5.41) is 2.79. The lowest BCUT2D eigenvalue weighted by atomic mass is 10.2. The molecule has 0 bridgehead atoms. The third-order valence-corrected chi connectivity index (χ3v) is 4.32. The number of nitrogens with zero attached hydrogens (tertiary/aromatic N) is 3. The molecular weight excluding hydrogens is 320 g/mol. The Morgan fingerprint density at radius 3 is 2.24 bits per heavy atom. The topological polar surface area (TPSA) is 73.0 Å². The summed E-state index contributed by atoms with van der Waals surface area (Å²) < 4.78 is 0. The fourth-order valence-electron chi connectivity index (χ4n) is 2.67. The Balaban J connectivity index is 1.75. The van der Waals surface area contributed by atoms with Gasteiger partial charge in [-0.25, -0.2) is 0 Å². The van der Waals surface area contributed by atoms with Crippen LogP contribution in [0.2, 0.25) is 0 Å². The first-order chi connectivity index (χ1) is 11.8. The molecule has 25 heavy (non-hydrogen) atoms. The Labute approximate surface area is 148 Å². The molecule has 2 rings (SSSR count). The second kappa shape index (κ2) is 8.62. The Hall–Kier alpha value is -2.41. The van der Waals surface area contributed by atoms with Gasteiger partial charge in [-0.2, -0.15) is 0 Å². The van der Waals surface area contributed by atoms with Crippen molar-refractivity contribution in [3.8, 4) is 0 Å². The molecule has 1 saturated heterocycles. The van der Waals surface area contributed by atoms with Crippen molar-refractivity contribution in [3.05, 3.63) is 29.8 Å². The predicted molar refractivity (Wildman–Crippen MR) is 96.1 cm³/mol. The van der Waals surface area contributed by atoms with E-state index in [9.17, 15) is 14.4 Å². The maximum absolute atomic E-state index is 12.3. The number of hydrogen-bond acceptors (Lipinski definition) is 4. The molecule has 1 aromatic rings. The van der Waals surface area contributed by atoms with Crippen LogP contribution in [-0.4, -0.2) is 78.7 Å². The van der Waals surface area contributed by atoms with Crippen molar-refractivity contribution in [1.82, 2.24) is 14.7 Å². The third kappa shape index (κ3) is 5.86. The Kier molecular flexibility index (Phi) is 6.52. The van der Waals surface area contributed by atoms with Crippen LogP contribution in [0.5, 0.6) is 0 Å². The van der Waals surface area contributed by atoms with Gasteiger partial charge in [0.1, 0.15) is 0 Å². The van der Waals surface area contributed by atoms with E-state index in [2.05, 4.69) is 5.32 Å². The molecular formula is C18H26N4O3. The van der Waals surface area contributed by atoms with E-state index < -0.39 is 0 Å². The lowest BCUT2D eigenvalue weighted by Gasteiger charge is -2.34. The molecule has 1 fully saturated rings. The van der Waals surface area contributed by atoms with E-state index in [1.165, 1.54) is 4.90 Å². The van der Waals surface area contributed by atoms with Gasteiger partial charge in [0.2, 0.25) is 17.7 Å². The zero-order valence-electron chi connectivity index (χ0n) is 15.1. The van der Waals surface area contributed by atoms with Gasteiger partial charge in [0, 0.05) is 45.8 Å². The van der Waals surface area contributed by atoms with Crippen LogP contribution in [0.15, 0.2) is 24.3 Å². The highest BCUT2D eigenvalue weighted by atomic mass is 16.2. The van der Waals surface area contributed by atoms with Crippen molar-refractivity contribution >= 4 is 23.4 Å². The minimum Gasteiger partial charge on any atom is -0.340 e. The van der Waals surface area contributed by atoms with Gasteiger partial charge in [-0.3, -0.25) is 19.3 Å². The summed E-state index contributed by atoms with van der Waals surface area (Å²) in [5.74, 6) is -0.257. The molecule has 0 unspecified atom stereocenters. The van der Waals surface area contributed by atoms with Gasteiger partial charge < -0.3 is 15.1 Å². The van der Waals surface area contributed by atoms with Crippen LogP contribution in [0, 0.1) is 6.92 Å². The number of hydrogen-bond donors (Lipinski definition) is 1. The number of nitrogens with one attached hydrogen (secondary N) is 1. The van der Waals surface area contributed by atoms with E-state index >= 15 is 0 Å². The van der Waals surface area contributed by atoms with Gasteiger partial charge in [-0.15, -0.1) is 0 Å². The van der Waals surface area contributed by atoms with E-state index in [-0.39, 0.29) is 30.8 Å². The van der Waals surface area contributed by atoms with Crippen LogP contribution in [0.3, 0.4) is 0 Å². The smallest absolute Gasteiger partial charge is 0.243 e. The molecule has 0 aliphatic carbocycles. The number of piperazine rings is 1. The van der Waals surface area contributed by atoms with Crippen LogP contribution in [0.1, 0.15) is 12.5 Å². The van der Waals surface area contributed by atoms with E-state index in [0.717, 1.165) is 11.3 Å². The molecule has 0 spiro atoms. The summed E-state index contributed by atoms with van der Waals surface area (Å²) >= 11 is 0. The number of carbonyl (C=O) groups excluding carboxylic acids is 3. The van der Waals surface area contributed by atoms with Crippen LogP contribution in [0.4, 0.5) is 5.69 Å². The molecule has 1 aromatic carbocycles. The van der Waals surface area contributed by atoms with Gasteiger partial charge in [-0.1, -0.05) is 17.7 Å². The molecule has 0 saturated carbocycles. The molecule has 0 aromatic heterocycles. The molecule has 1 aliphatic rings. The third-order valence-electron chi connectivity index (χ3n) is 4.32. The first-order valence-electron chi connectivity index (χ1n) is 8.43. The summed E-state index contributed by atoms with van der Waals surface area (Å²) in [6, 6.07) is 7.52. The first kappa shape index (κ1) is 18.9. The fourth-order valence-corrected chi connectivity index (χ4v) is 2.67. The minimum atomic E-state index is -0.221. The number of amides is 3. The van der Waals surface area contributed by atoms with Crippen LogP contribution in [0.25, 0.3) is 0 Å². The molecule has 136 valence electrons. The van der Waals surface area contributed by atoms with Crippen LogP contribution >= 0.6 is 0 Å². The second-order valence-corrected chi connectivity index (χ2v) is 6.45. The van der Waals surface area contributed by atoms with Crippen molar-refractivity contribution in [2.75, 3.05) is 51.6 Å². The predicted octanol–water partition coefficient (Wildman–Crippen LogP) is 0.556. The molecule has 0 atom stereocenters. The standard InChI is InChI=1S/C18H26N4O3/c1-14-4-6-16(7-5-14)19-17(24)12-20(3)18(25)13-21-8-10-22(11-9-21)15(2)23/h4-7H,8-13H2,1-3H3,(H,19,24). The zero-order valence-corrected chi connectivity index (χ0v) is 15.1. The maximum Gasteiger partial charge on any atom is 0.243 e. The monoisotopic (exact) mass is 346 g/mol. The van der Waals surface area contributed by atoms with Gasteiger partial charge in [0.05, 0.1) is 13.1 Å². The molecule has 1 aliphatic heterocycles. The number of likely N-dealkylation sites (N-methyl/N-ethyl adjacent to an activating group) is 1. The summed E-state index contributed by atoms with van der Waals surface area (Å²) in [5.41, 5.74) is 1.84. The molecule has 7 nitrogen and oxygen atoms in total.